The molecular weight excluding hydrogens is 346 g/mol. The van der Waals surface area contributed by atoms with Crippen LogP contribution >= 0.6 is 11.6 Å². The monoisotopic (exact) mass is 371 g/mol. The zero-order valence-electron chi connectivity index (χ0n) is 15.2. The van der Waals surface area contributed by atoms with Gasteiger partial charge in [0.2, 0.25) is 5.91 Å². The molecule has 0 bridgehead atoms. The van der Waals surface area contributed by atoms with Gasteiger partial charge >= 0.3 is 0 Å². The molecule has 1 N–H and O–H groups in total. The van der Waals surface area contributed by atoms with Gasteiger partial charge < -0.3 is 10.2 Å². The molecule has 1 saturated heterocycles. The zero-order chi connectivity index (χ0) is 18.4. The van der Waals surface area contributed by atoms with E-state index in [9.17, 15) is 4.79 Å². The normalized spacial score (nSPS) is 17.0. The van der Waals surface area contributed by atoms with E-state index in [1.807, 2.05) is 25.1 Å². The Hall–Kier alpha value is -1.88. The molecule has 5 heteroatoms. The van der Waals surface area contributed by atoms with E-state index in [0.29, 0.717) is 10.7 Å². The molecule has 2 aromatic rings. The van der Waals surface area contributed by atoms with Gasteiger partial charge in [0.1, 0.15) is 0 Å². The predicted molar refractivity (Wildman–Crippen MR) is 108 cm³/mol. The number of benzene rings is 2. The van der Waals surface area contributed by atoms with E-state index in [1.165, 1.54) is 5.56 Å². The Morgan fingerprint density at radius 1 is 1.04 bits per heavy atom. The van der Waals surface area contributed by atoms with Gasteiger partial charge in [-0.25, -0.2) is 0 Å². The molecule has 3 rings (SSSR count). The molecule has 26 heavy (non-hydrogen) atoms. The Bertz CT molecular complexity index is 714. The molecule has 1 heterocycles. The molecule has 2 aromatic carbocycles. The first kappa shape index (κ1) is 18.9. The van der Waals surface area contributed by atoms with Crippen LogP contribution in [0.15, 0.2) is 54.6 Å². The van der Waals surface area contributed by atoms with Crippen LogP contribution in [0, 0.1) is 0 Å². The molecule has 1 aliphatic heterocycles. The number of nitrogens with zero attached hydrogens (tertiary/aromatic N) is 2. The molecule has 0 saturated carbocycles. The highest BCUT2D eigenvalue weighted by atomic mass is 35.5. The van der Waals surface area contributed by atoms with Gasteiger partial charge in [-0.2, -0.15) is 0 Å². The van der Waals surface area contributed by atoms with Gasteiger partial charge in [-0.1, -0.05) is 54.1 Å². The lowest BCUT2D eigenvalue weighted by Crippen LogP contribution is -2.53. The van der Waals surface area contributed by atoms with Gasteiger partial charge in [0, 0.05) is 32.7 Å². The highest BCUT2D eigenvalue weighted by Gasteiger charge is 2.25. The van der Waals surface area contributed by atoms with Crippen molar-refractivity contribution in [3.8, 4) is 0 Å². The largest absolute Gasteiger partial charge is 0.323 e. The fourth-order valence-corrected chi connectivity index (χ4v) is 3.45. The van der Waals surface area contributed by atoms with Crippen molar-refractivity contribution in [2.75, 3.05) is 38.0 Å². The summed E-state index contributed by atoms with van der Waals surface area (Å²) >= 11 is 6.13. The van der Waals surface area contributed by atoms with Crippen molar-refractivity contribution in [2.45, 2.75) is 19.4 Å². The van der Waals surface area contributed by atoms with Crippen LogP contribution in [0.25, 0.3) is 0 Å². The van der Waals surface area contributed by atoms with Gasteiger partial charge in [-0.3, -0.25) is 9.69 Å². The Kier molecular flexibility index (Phi) is 6.67. The molecule has 0 aliphatic carbocycles. The van der Waals surface area contributed by atoms with E-state index in [2.05, 4.69) is 45.4 Å². The maximum atomic E-state index is 12.5. The minimum Gasteiger partial charge on any atom is -0.323 e. The molecule has 0 aromatic heterocycles. The lowest BCUT2D eigenvalue weighted by molar-refractivity contribution is -0.121. The third-order valence-electron chi connectivity index (χ3n) is 5.03. The SMILES string of the molecule is C[C@H](C(=O)Nc1ccccc1Cl)N1CCN(CCc2ccccc2)CC1. The van der Waals surface area contributed by atoms with Crippen LogP contribution in [0.1, 0.15) is 12.5 Å². The average molecular weight is 372 g/mol. The van der Waals surface area contributed by atoms with Crippen molar-refractivity contribution in [1.29, 1.82) is 0 Å². The van der Waals surface area contributed by atoms with Gasteiger partial charge in [0.25, 0.3) is 0 Å². The van der Waals surface area contributed by atoms with Crippen molar-refractivity contribution in [3.05, 3.63) is 65.2 Å². The number of nitrogens with one attached hydrogen (secondary N) is 1. The number of halogens is 1. The molecule has 138 valence electrons. The summed E-state index contributed by atoms with van der Waals surface area (Å²) in [5.41, 5.74) is 2.05. The minimum atomic E-state index is -0.164. The molecule has 1 aliphatic rings. The number of piperazine rings is 1. The standard InChI is InChI=1S/C21H26ClN3O/c1-17(21(26)23-20-10-6-5-9-19(20)22)25-15-13-24(14-16-25)12-11-18-7-3-2-4-8-18/h2-10,17H,11-16H2,1H3,(H,23,26)/t17-/m1/s1. The Morgan fingerprint density at radius 2 is 1.69 bits per heavy atom. The topological polar surface area (TPSA) is 35.6 Å². The summed E-state index contributed by atoms with van der Waals surface area (Å²) in [6, 6.07) is 17.8. The van der Waals surface area contributed by atoms with Crippen molar-refractivity contribution in [1.82, 2.24) is 9.80 Å². The first-order valence-electron chi connectivity index (χ1n) is 9.19. The summed E-state index contributed by atoms with van der Waals surface area (Å²) in [4.78, 5) is 17.2. The van der Waals surface area contributed by atoms with E-state index in [0.717, 1.165) is 39.1 Å². The quantitative estimate of drug-likeness (QED) is 0.843. The molecule has 1 atom stereocenters. The summed E-state index contributed by atoms with van der Waals surface area (Å²) in [6.45, 7) is 6.84. The van der Waals surface area contributed by atoms with Gasteiger partial charge in [-0.05, 0) is 31.0 Å². The third kappa shape index (κ3) is 5.07. The lowest BCUT2D eigenvalue weighted by Gasteiger charge is -2.37. The molecule has 1 amide bonds. The van der Waals surface area contributed by atoms with E-state index in [1.54, 1.807) is 6.07 Å². The predicted octanol–water partition coefficient (Wildman–Crippen LogP) is 3.53. The zero-order valence-corrected chi connectivity index (χ0v) is 16.0. The maximum Gasteiger partial charge on any atom is 0.241 e. The summed E-state index contributed by atoms with van der Waals surface area (Å²) in [6.07, 6.45) is 1.07. The van der Waals surface area contributed by atoms with Gasteiger partial charge in [0.15, 0.2) is 0 Å². The highest BCUT2D eigenvalue weighted by molar-refractivity contribution is 6.33. The number of carbonyl (C=O) groups excluding carboxylic acids is 1. The maximum absolute atomic E-state index is 12.5. The van der Waals surface area contributed by atoms with Crippen molar-refractivity contribution in [2.24, 2.45) is 0 Å². The molecular formula is C21H26ClN3O. The first-order chi connectivity index (χ1) is 12.6. The number of amides is 1. The Balaban J connectivity index is 1.45. The summed E-state index contributed by atoms with van der Waals surface area (Å²) in [5, 5.41) is 3.51. The fraction of sp³-hybridized carbons (Fsp3) is 0.381. The first-order valence-corrected chi connectivity index (χ1v) is 9.57. The fourth-order valence-electron chi connectivity index (χ4n) is 3.27. The number of hydrogen-bond donors (Lipinski definition) is 1. The molecule has 4 nitrogen and oxygen atoms in total. The lowest BCUT2D eigenvalue weighted by atomic mass is 10.1. The van der Waals surface area contributed by atoms with Crippen LogP contribution in [0.3, 0.4) is 0 Å². The number of hydrogen-bond acceptors (Lipinski definition) is 3. The van der Waals surface area contributed by atoms with Crippen LogP contribution < -0.4 is 5.32 Å². The van der Waals surface area contributed by atoms with Crippen molar-refractivity contribution in [3.63, 3.8) is 0 Å². The smallest absolute Gasteiger partial charge is 0.241 e. The minimum absolute atomic E-state index is 0.00386. The summed E-state index contributed by atoms with van der Waals surface area (Å²) in [7, 11) is 0. The number of anilines is 1. The second-order valence-electron chi connectivity index (χ2n) is 6.76. The number of rotatable bonds is 6. The van der Waals surface area contributed by atoms with Gasteiger partial charge in [-0.15, -0.1) is 0 Å². The van der Waals surface area contributed by atoms with Crippen LogP contribution in [0.2, 0.25) is 5.02 Å². The van der Waals surface area contributed by atoms with E-state index < -0.39 is 0 Å². The molecule has 0 radical (unpaired) electrons. The van der Waals surface area contributed by atoms with Crippen molar-refractivity contribution >= 4 is 23.2 Å². The van der Waals surface area contributed by atoms with Crippen molar-refractivity contribution < 1.29 is 4.79 Å². The molecule has 0 spiro atoms. The Labute approximate surface area is 160 Å². The summed E-state index contributed by atoms with van der Waals surface area (Å²) in [5.74, 6) is -0.00386. The summed E-state index contributed by atoms with van der Waals surface area (Å²) < 4.78 is 0. The van der Waals surface area contributed by atoms with Crippen LogP contribution in [-0.2, 0) is 11.2 Å². The average Bonchev–Trinajstić information content (AvgIpc) is 2.69. The number of carbonyl (C=O) groups is 1. The molecule has 0 unspecified atom stereocenters. The number of para-hydroxylation sites is 1. The van der Waals surface area contributed by atoms with E-state index in [-0.39, 0.29) is 11.9 Å². The third-order valence-corrected chi connectivity index (χ3v) is 5.35. The second kappa shape index (κ2) is 9.17. The van der Waals surface area contributed by atoms with Crippen LogP contribution in [0.4, 0.5) is 5.69 Å². The highest BCUT2D eigenvalue weighted by Crippen LogP contribution is 2.21. The van der Waals surface area contributed by atoms with E-state index >= 15 is 0 Å². The molecule has 1 fully saturated rings. The Morgan fingerprint density at radius 3 is 2.38 bits per heavy atom. The second-order valence-corrected chi connectivity index (χ2v) is 7.17. The van der Waals surface area contributed by atoms with Gasteiger partial charge in [0.05, 0.1) is 16.8 Å². The van der Waals surface area contributed by atoms with E-state index in [4.69, 9.17) is 11.6 Å². The van der Waals surface area contributed by atoms with Crippen LogP contribution in [0.5, 0.6) is 0 Å². The van der Waals surface area contributed by atoms with Crippen LogP contribution in [-0.4, -0.2) is 54.5 Å².